The number of carbonyl (C=O) groups is 2. The summed E-state index contributed by atoms with van der Waals surface area (Å²) in [7, 11) is 0. The number of aromatic nitrogens is 1. The molecule has 0 fully saturated rings. The zero-order valence-corrected chi connectivity index (χ0v) is 24.9. The SMILES string of the molecule is CCN1c2ccccc2CC1COc1ccc(C(=O)n2c(C)c(CC(=O)OCc3ccccc3)c3ccccc32)c(C)c1. The second-order valence-electron chi connectivity index (χ2n) is 11.1. The number of hydrogen-bond acceptors (Lipinski definition) is 5. The molecule has 1 aliphatic rings. The molecule has 218 valence electrons. The number of fused-ring (bicyclic) bond motifs is 2. The third-order valence-electron chi connectivity index (χ3n) is 8.42. The van der Waals surface area contributed by atoms with Crippen molar-refractivity contribution in [1.82, 2.24) is 4.57 Å². The number of ether oxygens (including phenoxy) is 2. The Hall–Kier alpha value is -4.84. The third kappa shape index (κ3) is 5.65. The number of esters is 1. The minimum Gasteiger partial charge on any atom is -0.491 e. The summed E-state index contributed by atoms with van der Waals surface area (Å²) in [6, 6.07) is 31.8. The number of likely N-dealkylation sites (N-methyl/N-ethyl adjacent to an activating group) is 1. The molecule has 1 aromatic heterocycles. The molecule has 0 saturated heterocycles. The number of nitrogens with zero attached hydrogens (tertiary/aromatic N) is 2. The number of aryl methyl sites for hydroxylation is 1. The van der Waals surface area contributed by atoms with Crippen LogP contribution in [0.2, 0.25) is 0 Å². The Morgan fingerprint density at radius 2 is 1.63 bits per heavy atom. The molecule has 43 heavy (non-hydrogen) atoms. The molecule has 0 N–H and O–H groups in total. The number of anilines is 1. The van der Waals surface area contributed by atoms with E-state index in [0.29, 0.717) is 12.2 Å². The molecule has 1 atom stereocenters. The molecule has 0 amide bonds. The second kappa shape index (κ2) is 12.2. The van der Waals surface area contributed by atoms with E-state index in [9.17, 15) is 9.59 Å². The maximum atomic E-state index is 14.0. The van der Waals surface area contributed by atoms with Crippen LogP contribution in [0.5, 0.6) is 5.75 Å². The molecule has 0 aliphatic carbocycles. The lowest BCUT2D eigenvalue weighted by atomic mass is 10.1. The highest BCUT2D eigenvalue weighted by Gasteiger charge is 2.28. The van der Waals surface area contributed by atoms with E-state index in [2.05, 4.69) is 36.1 Å². The van der Waals surface area contributed by atoms with Gasteiger partial charge in [0.15, 0.2) is 0 Å². The number of benzene rings is 4. The van der Waals surface area contributed by atoms with Crippen LogP contribution >= 0.6 is 0 Å². The number of hydrogen-bond donors (Lipinski definition) is 0. The minimum absolute atomic E-state index is 0.0883. The monoisotopic (exact) mass is 572 g/mol. The smallest absolute Gasteiger partial charge is 0.310 e. The second-order valence-corrected chi connectivity index (χ2v) is 11.1. The highest BCUT2D eigenvalue weighted by atomic mass is 16.5. The fourth-order valence-corrected chi connectivity index (χ4v) is 6.23. The molecule has 6 rings (SSSR count). The average Bonchev–Trinajstić information content (AvgIpc) is 3.53. The fourth-order valence-electron chi connectivity index (χ4n) is 6.23. The molecule has 6 heteroatoms. The summed E-state index contributed by atoms with van der Waals surface area (Å²) in [5.41, 5.74) is 7.33. The van der Waals surface area contributed by atoms with Crippen molar-refractivity contribution < 1.29 is 19.1 Å². The number of carbonyl (C=O) groups excluding carboxylic acids is 2. The molecule has 5 aromatic rings. The van der Waals surface area contributed by atoms with Crippen molar-refractivity contribution in [3.63, 3.8) is 0 Å². The normalized spacial score (nSPS) is 14.1. The van der Waals surface area contributed by atoms with Crippen LogP contribution in [0.3, 0.4) is 0 Å². The Labute approximate surface area is 252 Å². The van der Waals surface area contributed by atoms with Gasteiger partial charge in [0.2, 0.25) is 0 Å². The van der Waals surface area contributed by atoms with Crippen LogP contribution in [0.15, 0.2) is 97.1 Å². The van der Waals surface area contributed by atoms with Crippen LogP contribution in [0.4, 0.5) is 5.69 Å². The van der Waals surface area contributed by atoms with Crippen LogP contribution in [0.1, 0.15) is 45.2 Å². The molecular formula is C37H36N2O4. The van der Waals surface area contributed by atoms with E-state index >= 15 is 0 Å². The zero-order chi connectivity index (χ0) is 29.9. The first-order chi connectivity index (χ1) is 20.9. The van der Waals surface area contributed by atoms with Crippen LogP contribution in [-0.2, 0) is 29.0 Å². The molecule has 0 saturated carbocycles. The van der Waals surface area contributed by atoms with E-state index in [1.807, 2.05) is 86.6 Å². The summed E-state index contributed by atoms with van der Waals surface area (Å²) in [4.78, 5) is 29.2. The van der Waals surface area contributed by atoms with Crippen LogP contribution in [0.25, 0.3) is 10.9 Å². The topological polar surface area (TPSA) is 60.8 Å². The predicted octanol–water partition coefficient (Wildman–Crippen LogP) is 7.06. The number of rotatable bonds is 9. The van der Waals surface area contributed by atoms with Gasteiger partial charge in [-0.05, 0) is 79.8 Å². The van der Waals surface area contributed by atoms with Gasteiger partial charge in [-0.25, -0.2) is 0 Å². The van der Waals surface area contributed by atoms with Crippen LogP contribution in [0, 0.1) is 13.8 Å². The van der Waals surface area contributed by atoms with E-state index in [1.54, 1.807) is 4.57 Å². The molecule has 0 bridgehead atoms. The Balaban J connectivity index is 1.19. The Morgan fingerprint density at radius 1 is 0.884 bits per heavy atom. The predicted molar refractivity (Wildman–Crippen MR) is 170 cm³/mol. The summed E-state index contributed by atoms with van der Waals surface area (Å²) < 4.78 is 13.5. The lowest BCUT2D eigenvalue weighted by Gasteiger charge is -2.26. The maximum Gasteiger partial charge on any atom is 0.310 e. The van der Waals surface area contributed by atoms with Gasteiger partial charge in [-0.1, -0.05) is 66.7 Å². The van der Waals surface area contributed by atoms with Crippen molar-refractivity contribution in [2.24, 2.45) is 0 Å². The third-order valence-corrected chi connectivity index (χ3v) is 8.42. The van der Waals surface area contributed by atoms with Crippen LogP contribution < -0.4 is 9.64 Å². The van der Waals surface area contributed by atoms with E-state index in [0.717, 1.165) is 52.0 Å². The van der Waals surface area contributed by atoms with E-state index in [-0.39, 0.29) is 30.9 Å². The first kappa shape index (κ1) is 28.3. The first-order valence-corrected chi connectivity index (χ1v) is 14.9. The summed E-state index contributed by atoms with van der Waals surface area (Å²) in [6.07, 6.45) is 1.05. The summed E-state index contributed by atoms with van der Waals surface area (Å²) in [5.74, 6) is 0.286. The molecular weight excluding hydrogens is 536 g/mol. The van der Waals surface area contributed by atoms with E-state index < -0.39 is 0 Å². The molecule has 0 spiro atoms. The van der Waals surface area contributed by atoms with Gasteiger partial charge in [0.25, 0.3) is 5.91 Å². The van der Waals surface area contributed by atoms with Crippen molar-refractivity contribution in [2.45, 2.75) is 46.3 Å². The van der Waals surface area contributed by atoms with Crippen LogP contribution in [-0.4, -0.2) is 35.6 Å². The summed E-state index contributed by atoms with van der Waals surface area (Å²) in [6.45, 7) is 7.71. The highest BCUT2D eigenvalue weighted by Crippen LogP contribution is 2.33. The molecule has 6 nitrogen and oxygen atoms in total. The van der Waals surface area contributed by atoms with Crippen molar-refractivity contribution >= 4 is 28.5 Å². The molecule has 2 heterocycles. The van der Waals surface area contributed by atoms with E-state index in [1.165, 1.54) is 11.3 Å². The van der Waals surface area contributed by atoms with Gasteiger partial charge in [-0.3, -0.25) is 14.2 Å². The maximum absolute atomic E-state index is 14.0. The van der Waals surface area contributed by atoms with Crippen molar-refractivity contribution in [3.05, 3.63) is 131 Å². The zero-order valence-electron chi connectivity index (χ0n) is 24.9. The van der Waals surface area contributed by atoms with Gasteiger partial charge < -0.3 is 14.4 Å². The van der Waals surface area contributed by atoms with Crippen molar-refractivity contribution in [1.29, 1.82) is 0 Å². The Bertz CT molecular complexity index is 1790. The molecule has 4 aromatic carbocycles. The van der Waals surface area contributed by atoms with Crippen molar-refractivity contribution in [2.75, 3.05) is 18.1 Å². The first-order valence-electron chi connectivity index (χ1n) is 14.9. The molecule has 1 aliphatic heterocycles. The van der Waals surface area contributed by atoms with Gasteiger partial charge in [0.1, 0.15) is 19.0 Å². The molecule has 1 unspecified atom stereocenters. The number of para-hydroxylation sites is 2. The largest absolute Gasteiger partial charge is 0.491 e. The average molecular weight is 573 g/mol. The van der Waals surface area contributed by atoms with Crippen molar-refractivity contribution in [3.8, 4) is 5.75 Å². The van der Waals surface area contributed by atoms with Gasteiger partial charge >= 0.3 is 5.97 Å². The quantitative estimate of drug-likeness (QED) is 0.177. The summed E-state index contributed by atoms with van der Waals surface area (Å²) in [5, 5.41) is 0.876. The Morgan fingerprint density at radius 3 is 2.42 bits per heavy atom. The minimum atomic E-state index is -0.327. The summed E-state index contributed by atoms with van der Waals surface area (Å²) >= 11 is 0. The van der Waals surface area contributed by atoms with Gasteiger partial charge in [0.05, 0.1) is 18.0 Å². The van der Waals surface area contributed by atoms with Gasteiger partial charge in [0, 0.05) is 28.9 Å². The lowest BCUT2D eigenvalue weighted by Crippen LogP contribution is -2.36. The Kier molecular flexibility index (Phi) is 8.01. The molecule has 0 radical (unpaired) electrons. The fraction of sp³-hybridized carbons (Fsp3) is 0.243. The van der Waals surface area contributed by atoms with Gasteiger partial charge in [-0.2, -0.15) is 0 Å². The standard InChI is InChI=1S/C37H36N2O4/c1-4-38-29(21-28-14-8-10-16-34(28)38)24-42-30-18-19-31(25(2)20-30)37(41)39-26(3)33(32-15-9-11-17-35(32)39)22-36(40)43-23-27-12-6-5-7-13-27/h5-20,29H,4,21-24H2,1-3H3. The van der Waals surface area contributed by atoms with E-state index in [4.69, 9.17) is 9.47 Å². The highest BCUT2D eigenvalue weighted by molar-refractivity contribution is 6.05. The van der Waals surface area contributed by atoms with Gasteiger partial charge in [-0.15, -0.1) is 0 Å². The lowest BCUT2D eigenvalue weighted by molar-refractivity contribution is -0.144.